The molecule has 0 aromatic heterocycles. The average molecular weight is 221 g/mol. The van der Waals surface area contributed by atoms with Crippen molar-refractivity contribution in [3.63, 3.8) is 0 Å². The summed E-state index contributed by atoms with van der Waals surface area (Å²) in [6, 6.07) is 0. The summed E-state index contributed by atoms with van der Waals surface area (Å²) < 4.78 is 29.0. The van der Waals surface area contributed by atoms with Crippen LogP contribution in [0.1, 0.15) is 12.8 Å². The van der Waals surface area contributed by atoms with Crippen molar-refractivity contribution in [2.45, 2.75) is 12.8 Å². The lowest BCUT2D eigenvalue weighted by atomic mass is 10.3. The van der Waals surface area contributed by atoms with E-state index in [2.05, 4.69) is 16.0 Å². The quantitative estimate of drug-likeness (QED) is 0.487. The van der Waals surface area contributed by atoms with Crippen LogP contribution in [0.25, 0.3) is 0 Å². The van der Waals surface area contributed by atoms with E-state index in [0.717, 1.165) is 0 Å². The Balaban J connectivity index is 3.76. The molecule has 0 fully saturated rings. The normalized spacial score (nSPS) is 10.9. The molecule has 0 rings (SSSR count). The highest BCUT2D eigenvalue weighted by Crippen LogP contribution is 1.96. The molecule has 0 aliphatic rings. The minimum atomic E-state index is -3.28. The first-order valence-electron chi connectivity index (χ1n) is 4.17. The van der Waals surface area contributed by atoms with E-state index in [1.165, 1.54) is 13.2 Å². The van der Waals surface area contributed by atoms with Gasteiger partial charge in [0.2, 0.25) is 10.0 Å². The molecule has 0 atom stereocenters. The van der Waals surface area contributed by atoms with Gasteiger partial charge in [-0.15, -0.1) is 6.58 Å². The van der Waals surface area contributed by atoms with E-state index in [0.29, 0.717) is 0 Å². The molecule has 0 amide bonds. The Morgan fingerprint density at radius 1 is 1.57 bits per heavy atom. The van der Waals surface area contributed by atoms with Crippen molar-refractivity contribution in [2.75, 3.05) is 19.4 Å². The summed E-state index contributed by atoms with van der Waals surface area (Å²) in [5.41, 5.74) is 0. The second-order valence-corrected chi connectivity index (χ2v) is 4.56. The summed E-state index contributed by atoms with van der Waals surface area (Å²) >= 11 is 0. The number of hydrogen-bond donors (Lipinski definition) is 1. The number of hydrogen-bond acceptors (Lipinski definition) is 4. The van der Waals surface area contributed by atoms with E-state index in [1.54, 1.807) is 0 Å². The molecule has 5 nitrogen and oxygen atoms in total. The minimum Gasteiger partial charge on any atom is -0.469 e. The van der Waals surface area contributed by atoms with E-state index < -0.39 is 16.0 Å². The molecule has 0 saturated carbocycles. The summed E-state index contributed by atoms with van der Waals surface area (Å²) in [6.07, 6.45) is 1.84. The van der Waals surface area contributed by atoms with Crippen LogP contribution in [-0.4, -0.2) is 33.8 Å². The first-order chi connectivity index (χ1) is 6.52. The van der Waals surface area contributed by atoms with Crippen molar-refractivity contribution < 1.29 is 17.9 Å². The largest absolute Gasteiger partial charge is 0.469 e. The summed E-state index contributed by atoms with van der Waals surface area (Å²) in [5.74, 6) is -0.473. The Hall–Kier alpha value is -0.880. The number of methoxy groups -OCH3 is 1. The molecular formula is C8H15NO4S. The van der Waals surface area contributed by atoms with Gasteiger partial charge in [-0.3, -0.25) is 4.79 Å². The minimum absolute atomic E-state index is 0.0735. The summed E-state index contributed by atoms with van der Waals surface area (Å²) in [4.78, 5) is 10.7. The first kappa shape index (κ1) is 13.1. The third-order valence-corrected chi connectivity index (χ3v) is 2.90. The van der Waals surface area contributed by atoms with Gasteiger partial charge in [-0.2, -0.15) is 0 Å². The number of esters is 1. The van der Waals surface area contributed by atoms with Gasteiger partial charge in [-0.25, -0.2) is 13.1 Å². The van der Waals surface area contributed by atoms with Crippen LogP contribution in [0.5, 0.6) is 0 Å². The SMILES string of the molecule is C=CCNS(=O)(=O)CCCC(=O)OC. The molecule has 6 heteroatoms. The molecule has 0 saturated heterocycles. The zero-order valence-corrected chi connectivity index (χ0v) is 8.97. The molecule has 0 aliphatic heterocycles. The van der Waals surface area contributed by atoms with Crippen molar-refractivity contribution in [3.8, 4) is 0 Å². The fourth-order valence-corrected chi connectivity index (χ4v) is 1.81. The number of ether oxygens (including phenoxy) is 1. The third kappa shape index (κ3) is 6.62. The third-order valence-electron chi connectivity index (χ3n) is 1.47. The zero-order valence-electron chi connectivity index (χ0n) is 8.15. The fourth-order valence-electron chi connectivity index (χ4n) is 0.767. The summed E-state index contributed by atoms with van der Waals surface area (Å²) in [5, 5.41) is 0. The van der Waals surface area contributed by atoms with Crippen LogP contribution in [0.15, 0.2) is 12.7 Å². The second kappa shape index (κ2) is 6.56. The maximum atomic E-state index is 11.1. The average Bonchev–Trinajstić information content (AvgIpc) is 2.14. The van der Waals surface area contributed by atoms with Crippen LogP contribution in [-0.2, 0) is 19.6 Å². The summed E-state index contributed by atoms with van der Waals surface area (Å²) in [6.45, 7) is 3.59. The molecule has 0 unspecified atom stereocenters. The lowest BCUT2D eigenvalue weighted by Gasteiger charge is -2.03. The Morgan fingerprint density at radius 3 is 2.71 bits per heavy atom. The van der Waals surface area contributed by atoms with Crippen molar-refractivity contribution in [2.24, 2.45) is 0 Å². The maximum absolute atomic E-state index is 11.1. The Labute approximate surface area is 84.2 Å². The number of sulfonamides is 1. The fraction of sp³-hybridized carbons (Fsp3) is 0.625. The van der Waals surface area contributed by atoms with E-state index in [4.69, 9.17) is 0 Å². The zero-order chi connectivity index (χ0) is 11.0. The molecule has 0 spiro atoms. The summed E-state index contributed by atoms with van der Waals surface area (Å²) in [7, 11) is -2.01. The highest BCUT2D eigenvalue weighted by atomic mass is 32.2. The Kier molecular flexibility index (Phi) is 6.14. The molecule has 14 heavy (non-hydrogen) atoms. The van der Waals surface area contributed by atoms with Crippen molar-refractivity contribution in [1.29, 1.82) is 0 Å². The first-order valence-corrected chi connectivity index (χ1v) is 5.82. The molecule has 0 aromatic carbocycles. The van der Waals surface area contributed by atoms with Gasteiger partial charge in [0.05, 0.1) is 12.9 Å². The van der Waals surface area contributed by atoms with Crippen molar-refractivity contribution in [1.82, 2.24) is 4.72 Å². The monoisotopic (exact) mass is 221 g/mol. The molecule has 0 aliphatic carbocycles. The van der Waals surface area contributed by atoms with Gasteiger partial charge >= 0.3 is 5.97 Å². The lowest BCUT2D eigenvalue weighted by Crippen LogP contribution is -2.26. The van der Waals surface area contributed by atoms with E-state index in [-0.39, 0.29) is 25.1 Å². The Bertz CT molecular complexity index is 284. The molecule has 0 bridgehead atoms. The van der Waals surface area contributed by atoms with E-state index in [1.807, 2.05) is 0 Å². The number of rotatable bonds is 7. The predicted molar refractivity (Wildman–Crippen MR) is 53.2 cm³/mol. The molecule has 1 N–H and O–H groups in total. The number of carbonyl (C=O) groups excluding carboxylic acids is 1. The smallest absolute Gasteiger partial charge is 0.305 e. The standard InChI is InChI=1S/C8H15NO4S/c1-3-6-9-14(11,12)7-4-5-8(10)13-2/h3,9H,1,4-7H2,2H3. The van der Waals surface area contributed by atoms with Crippen LogP contribution in [0, 0.1) is 0 Å². The van der Waals surface area contributed by atoms with E-state index in [9.17, 15) is 13.2 Å². The van der Waals surface area contributed by atoms with Gasteiger partial charge in [-0.1, -0.05) is 6.08 Å². The van der Waals surface area contributed by atoms with Gasteiger partial charge in [0.1, 0.15) is 0 Å². The van der Waals surface area contributed by atoms with Gasteiger partial charge in [0, 0.05) is 13.0 Å². The van der Waals surface area contributed by atoms with Crippen molar-refractivity contribution in [3.05, 3.63) is 12.7 Å². The van der Waals surface area contributed by atoms with Crippen LogP contribution in [0.4, 0.5) is 0 Å². The van der Waals surface area contributed by atoms with Gasteiger partial charge < -0.3 is 4.74 Å². The van der Waals surface area contributed by atoms with Crippen LogP contribution in [0.3, 0.4) is 0 Å². The molecule has 0 heterocycles. The molecule has 0 aromatic rings. The highest BCUT2D eigenvalue weighted by Gasteiger charge is 2.09. The topological polar surface area (TPSA) is 72.5 Å². The lowest BCUT2D eigenvalue weighted by molar-refractivity contribution is -0.140. The van der Waals surface area contributed by atoms with Gasteiger partial charge in [0.15, 0.2) is 0 Å². The Morgan fingerprint density at radius 2 is 2.21 bits per heavy atom. The maximum Gasteiger partial charge on any atom is 0.305 e. The van der Waals surface area contributed by atoms with Gasteiger partial charge in [0.25, 0.3) is 0 Å². The molecule has 0 radical (unpaired) electrons. The molecule has 82 valence electrons. The number of nitrogens with one attached hydrogen (secondary N) is 1. The van der Waals surface area contributed by atoms with E-state index >= 15 is 0 Å². The number of carbonyl (C=O) groups is 1. The van der Waals surface area contributed by atoms with Crippen LogP contribution >= 0.6 is 0 Å². The van der Waals surface area contributed by atoms with Crippen molar-refractivity contribution >= 4 is 16.0 Å². The van der Waals surface area contributed by atoms with Gasteiger partial charge in [-0.05, 0) is 6.42 Å². The van der Waals surface area contributed by atoms with Crippen LogP contribution < -0.4 is 4.72 Å². The second-order valence-electron chi connectivity index (χ2n) is 2.64. The highest BCUT2D eigenvalue weighted by molar-refractivity contribution is 7.89. The predicted octanol–water partition coefficient (Wildman–Crippen LogP) is 0.0450. The molecular weight excluding hydrogens is 206 g/mol. The van der Waals surface area contributed by atoms with Crippen LogP contribution in [0.2, 0.25) is 0 Å².